The van der Waals surface area contributed by atoms with Crippen LogP contribution < -0.4 is 10.5 Å². The van der Waals surface area contributed by atoms with Gasteiger partial charge in [0.2, 0.25) is 21.8 Å². The third-order valence-electron chi connectivity index (χ3n) is 5.01. The van der Waals surface area contributed by atoms with Crippen molar-refractivity contribution in [2.45, 2.75) is 49.6 Å². The number of nitrogens with two attached hydrogens (primary N) is 1. The van der Waals surface area contributed by atoms with E-state index in [1.807, 2.05) is 4.90 Å². The highest BCUT2D eigenvalue weighted by Crippen LogP contribution is 2.29. The number of nitrogens with one attached hydrogen (secondary N) is 1. The Kier molecular flexibility index (Phi) is 5.10. The predicted octanol–water partition coefficient (Wildman–Crippen LogP) is 0.741. The molecule has 136 valence electrons. The third-order valence-corrected chi connectivity index (χ3v) is 5.94. The summed E-state index contributed by atoms with van der Waals surface area (Å²) < 4.78 is 22.5. The molecule has 3 rings (SSSR count). The van der Waals surface area contributed by atoms with Crippen LogP contribution in [-0.4, -0.2) is 37.7 Å². The third kappa shape index (κ3) is 4.19. The van der Waals surface area contributed by atoms with Crippen LogP contribution >= 0.6 is 0 Å². The van der Waals surface area contributed by atoms with E-state index in [1.165, 1.54) is 12.1 Å². The van der Waals surface area contributed by atoms with Crippen LogP contribution in [0.2, 0.25) is 0 Å². The van der Waals surface area contributed by atoms with Crippen molar-refractivity contribution in [3.63, 3.8) is 0 Å². The number of hydrogen-bond acceptors (Lipinski definition) is 4. The molecule has 1 heterocycles. The summed E-state index contributed by atoms with van der Waals surface area (Å²) in [6, 6.07) is 6.36. The molecule has 25 heavy (non-hydrogen) atoms. The molecule has 1 aliphatic carbocycles. The topological polar surface area (TPSA) is 110 Å². The summed E-state index contributed by atoms with van der Waals surface area (Å²) in [6.45, 7) is 0.789. The molecule has 1 aromatic rings. The number of likely N-dealkylation sites (tertiary alicyclic amines) is 1. The predicted molar refractivity (Wildman–Crippen MR) is 91.7 cm³/mol. The molecule has 1 aromatic carbocycles. The maximum Gasteiger partial charge on any atom is 0.238 e. The maximum atomic E-state index is 12.3. The number of rotatable bonds is 5. The highest BCUT2D eigenvalue weighted by atomic mass is 32.2. The van der Waals surface area contributed by atoms with Crippen LogP contribution in [0.5, 0.6) is 0 Å². The van der Waals surface area contributed by atoms with Crippen molar-refractivity contribution in [3.05, 3.63) is 29.8 Å². The first kappa shape index (κ1) is 17.9. The molecule has 2 amide bonds. The first-order valence-corrected chi connectivity index (χ1v) is 10.1. The van der Waals surface area contributed by atoms with Gasteiger partial charge in [0.15, 0.2) is 0 Å². The zero-order valence-electron chi connectivity index (χ0n) is 14.0. The Labute approximate surface area is 147 Å². The number of hydrogen-bond donors (Lipinski definition) is 2. The molecule has 1 atom stereocenters. The molecule has 1 unspecified atom stereocenters. The average molecular weight is 365 g/mol. The van der Waals surface area contributed by atoms with E-state index in [-0.39, 0.29) is 35.6 Å². The molecule has 3 N–H and O–H groups in total. The number of carbonyl (C=O) groups is 2. The van der Waals surface area contributed by atoms with Crippen molar-refractivity contribution in [2.75, 3.05) is 6.54 Å². The Morgan fingerprint density at radius 1 is 1.20 bits per heavy atom. The van der Waals surface area contributed by atoms with Crippen molar-refractivity contribution in [1.82, 2.24) is 10.2 Å². The van der Waals surface area contributed by atoms with Gasteiger partial charge in [-0.1, -0.05) is 25.0 Å². The summed E-state index contributed by atoms with van der Waals surface area (Å²) >= 11 is 0. The van der Waals surface area contributed by atoms with Gasteiger partial charge < -0.3 is 10.2 Å². The monoisotopic (exact) mass is 365 g/mol. The SMILES string of the molecule is NS(=O)(=O)c1ccc(CNC(=O)C2CC(=O)N(C3CCCC3)C2)cc1. The molecule has 0 radical (unpaired) electrons. The van der Waals surface area contributed by atoms with E-state index in [4.69, 9.17) is 5.14 Å². The number of primary sulfonamides is 1. The van der Waals surface area contributed by atoms with Gasteiger partial charge in [0.1, 0.15) is 0 Å². The fraction of sp³-hybridized carbons (Fsp3) is 0.529. The van der Waals surface area contributed by atoms with Crippen molar-refractivity contribution >= 4 is 21.8 Å². The lowest BCUT2D eigenvalue weighted by Gasteiger charge is -2.23. The number of sulfonamides is 1. The van der Waals surface area contributed by atoms with Crippen molar-refractivity contribution in [1.29, 1.82) is 0 Å². The van der Waals surface area contributed by atoms with Crippen LogP contribution in [0, 0.1) is 5.92 Å². The molecule has 7 nitrogen and oxygen atoms in total. The zero-order valence-corrected chi connectivity index (χ0v) is 14.8. The molecule has 0 bridgehead atoms. The summed E-state index contributed by atoms with van der Waals surface area (Å²) in [5.41, 5.74) is 0.776. The molecular formula is C17H23N3O4S. The first-order chi connectivity index (χ1) is 11.8. The zero-order chi connectivity index (χ0) is 18.0. The average Bonchev–Trinajstić information content (AvgIpc) is 3.21. The van der Waals surface area contributed by atoms with Gasteiger partial charge in [-0.2, -0.15) is 0 Å². The molecular weight excluding hydrogens is 342 g/mol. The standard InChI is InChI=1S/C17H23N3O4S/c18-25(23,24)15-7-5-12(6-8-15)10-19-17(22)13-9-16(21)20(11-13)14-3-1-2-4-14/h5-8,13-14H,1-4,9-11H2,(H,19,22)(H2,18,23,24). The van der Waals surface area contributed by atoms with Crippen LogP contribution in [0.15, 0.2) is 29.2 Å². The van der Waals surface area contributed by atoms with Gasteiger partial charge >= 0.3 is 0 Å². The number of nitrogens with zero attached hydrogens (tertiary/aromatic N) is 1. The molecule has 8 heteroatoms. The molecule has 0 aromatic heterocycles. The Morgan fingerprint density at radius 3 is 2.44 bits per heavy atom. The van der Waals surface area contributed by atoms with Crippen molar-refractivity contribution in [3.8, 4) is 0 Å². The molecule has 1 saturated carbocycles. The van der Waals surface area contributed by atoms with Crippen LogP contribution in [0.1, 0.15) is 37.7 Å². The van der Waals surface area contributed by atoms with Crippen molar-refractivity contribution < 1.29 is 18.0 Å². The van der Waals surface area contributed by atoms with Crippen molar-refractivity contribution in [2.24, 2.45) is 11.1 Å². The van der Waals surface area contributed by atoms with E-state index in [1.54, 1.807) is 12.1 Å². The van der Waals surface area contributed by atoms with Gasteiger partial charge in [-0.3, -0.25) is 9.59 Å². The lowest BCUT2D eigenvalue weighted by atomic mass is 10.1. The van der Waals surface area contributed by atoms with E-state index in [0.717, 1.165) is 31.2 Å². The number of benzene rings is 1. The van der Waals surface area contributed by atoms with E-state index in [0.29, 0.717) is 12.6 Å². The highest BCUT2D eigenvalue weighted by molar-refractivity contribution is 7.89. The van der Waals surface area contributed by atoms with Gasteiger partial charge in [0.05, 0.1) is 10.8 Å². The second kappa shape index (κ2) is 7.13. The minimum Gasteiger partial charge on any atom is -0.352 e. The second-order valence-corrected chi connectivity index (χ2v) is 8.35. The maximum absolute atomic E-state index is 12.3. The van der Waals surface area contributed by atoms with Gasteiger partial charge in [-0.05, 0) is 30.5 Å². The van der Waals surface area contributed by atoms with E-state index < -0.39 is 10.0 Å². The van der Waals surface area contributed by atoms with Gasteiger partial charge in [-0.25, -0.2) is 13.6 Å². The van der Waals surface area contributed by atoms with E-state index in [2.05, 4.69) is 5.32 Å². The molecule has 2 fully saturated rings. The Hall–Kier alpha value is -1.93. The normalized spacial score (nSPS) is 21.7. The van der Waals surface area contributed by atoms with E-state index in [9.17, 15) is 18.0 Å². The van der Waals surface area contributed by atoms with E-state index >= 15 is 0 Å². The fourth-order valence-corrected chi connectivity index (χ4v) is 4.12. The minimum atomic E-state index is -3.71. The Morgan fingerprint density at radius 2 is 1.84 bits per heavy atom. The van der Waals surface area contributed by atoms with Crippen LogP contribution in [0.4, 0.5) is 0 Å². The lowest BCUT2D eigenvalue weighted by Crippen LogP contribution is -2.36. The first-order valence-electron chi connectivity index (χ1n) is 8.53. The number of carbonyl (C=O) groups excluding carboxylic acids is 2. The lowest BCUT2D eigenvalue weighted by molar-refractivity contribution is -0.130. The fourth-order valence-electron chi connectivity index (χ4n) is 3.61. The quantitative estimate of drug-likeness (QED) is 0.802. The van der Waals surface area contributed by atoms with Gasteiger partial charge in [0.25, 0.3) is 0 Å². The van der Waals surface area contributed by atoms with Gasteiger partial charge in [0, 0.05) is 25.6 Å². The largest absolute Gasteiger partial charge is 0.352 e. The number of amides is 2. The smallest absolute Gasteiger partial charge is 0.238 e. The second-order valence-electron chi connectivity index (χ2n) is 6.79. The summed E-state index contributed by atoms with van der Waals surface area (Å²) in [5, 5.41) is 7.89. The minimum absolute atomic E-state index is 0.0381. The van der Waals surface area contributed by atoms with Crippen LogP contribution in [0.3, 0.4) is 0 Å². The highest BCUT2D eigenvalue weighted by Gasteiger charge is 2.38. The Bertz CT molecular complexity index is 755. The van der Waals surface area contributed by atoms with Crippen LogP contribution in [0.25, 0.3) is 0 Å². The summed E-state index contributed by atoms with van der Waals surface area (Å²) in [5.74, 6) is -0.370. The van der Waals surface area contributed by atoms with Gasteiger partial charge in [-0.15, -0.1) is 0 Å². The molecule has 0 spiro atoms. The molecule has 1 saturated heterocycles. The summed E-state index contributed by atoms with van der Waals surface area (Å²) in [7, 11) is -3.71. The molecule has 1 aliphatic heterocycles. The Balaban J connectivity index is 1.53. The summed E-state index contributed by atoms with van der Waals surface area (Å²) in [6.07, 6.45) is 4.65. The van der Waals surface area contributed by atoms with Crippen LogP contribution in [-0.2, 0) is 26.2 Å². The molecule has 2 aliphatic rings. The summed E-state index contributed by atoms with van der Waals surface area (Å²) in [4.78, 5) is 26.4.